The van der Waals surface area contributed by atoms with Crippen molar-refractivity contribution in [2.45, 2.75) is 20.3 Å². The number of hydrogen-bond acceptors (Lipinski definition) is 1. The summed E-state index contributed by atoms with van der Waals surface area (Å²) in [5.41, 5.74) is 0.833. The van der Waals surface area contributed by atoms with Crippen molar-refractivity contribution in [2.75, 3.05) is 0 Å². The Hall–Kier alpha value is -0.920. The first-order chi connectivity index (χ1) is 5.18. The van der Waals surface area contributed by atoms with Crippen LogP contribution < -0.4 is 0 Å². The summed E-state index contributed by atoms with van der Waals surface area (Å²) < 4.78 is 12.5. The lowest BCUT2D eigenvalue weighted by Gasteiger charge is -2.02. The molecule has 11 heavy (non-hydrogen) atoms. The Morgan fingerprint density at radius 2 is 2.18 bits per heavy atom. The lowest BCUT2D eigenvalue weighted by molar-refractivity contribution is 0.562. The first-order valence-electron chi connectivity index (χ1n) is 3.80. The lowest BCUT2D eigenvalue weighted by atomic mass is 10.1. The highest BCUT2D eigenvalue weighted by atomic mass is 19.1. The summed E-state index contributed by atoms with van der Waals surface area (Å²) >= 11 is 0. The summed E-state index contributed by atoms with van der Waals surface area (Å²) in [7, 11) is 0. The van der Waals surface area contributed by atoms with Crippen LogP contribution in [0.3, 0.4) is 0 Å². The van der Waals surface area contributed by atoms with Gasteiger partial charge < -0.3 is 0 Å². The summed E-state index contributed by atoms with van der Waals surface area (Å²) in [6.45, 7) is 4.18. The first-order valence-corrected chi connectivity index (χ1v) is 3.80. The number of rotatable bonds is 2. The maximum absolute atomic E-state index is 12.5. The van der Waals surface area contributed by atoms with Crippen LogP contribution in [0.4, 0.5) is 4.39 Å². The molecule has 0 unspecified atom stereocenters. The Morgan fingerprint density at radius 3 is 2.73 bits per heavy atom. The number of aromatic nitrogens is 1. The molecule has 0 amide bonds. The van der Waals surface area contributed by atoms with E-state index in [0.717, 1.165) is 12.1 Å². The Labute approximate surface area is 66.3 Å². The molecule has 0 atom stereocenters. The molecule has 1 heterocycles. The minimum atomic E-state index is -0.386. The minimum Gasteiger partial charge on any atom is -0.225 e. The summed E-state index contributed by atoms with van der Waals surface area (Å²) in [4.78, 5) is 3.75. The van der Waals surface area contributed by atoms with Gasteiger partial charge in [-0.1, -0.05) is 19.9 Å². The predicted molar refractivity (Wildman–Crippen MR) is 42.7 cm³/mol. The Bertz CT molecular complexity index is 233. The molecule has 0 spiro atoms. The zero-order chi connectivity index (χ0) is 8.27. The molecule has 0 aliphatic rings. The molecule has 0 aromatic carbocycles. The van der Waals surface area contributed by atoms with Crippen LogP contribution in [-0.2, 0) is 6.42 Å². The predicted octanol–water partition coefficient (Wildman–Crippen LogP) is 2.42. The van der Waals surface area contributed by atoms with Gasteiger partial charge in [0.2, 0.25) is 5.95 Å². The molecule has 2 heteroatoms. The van der Waals surface area contributed by atoms with Crippen molar-refractivity contribution in [3.63, 3.8) is 0 Å². The van der Waals surface area contributed by atoms with Gasteiger partial charge in [-0.2, -0.15) is 4.39 Å². The van der Waals surface area contributed by atoms with Crippen LogP contribution >= 0.6 is 0 Å². The maximum atomic E-state index is 12.5. The average Bonchev–Trinajstić information content (AvgIpc) is 1.85. The largest absolute Gasteiger partial charge is 0.225 e. The smallest absolute Gasteiger partial charge is 0.213 e. The van der Waals surface area contributed by atoms with Crippen molar-refractivity contribution in [3.8, 4) is 0 Å². The van der Waals surface area contributed by atoms with Gasteiger partial charge in [0.25, 0.3) is 0 Å². The molecule has 0 aliphatic heterocycles. The van der Waals surface area contributed by atoms with Gasteiger partial charge in [0, 0.05) is 5.69 Å². The molecule has 0 fully saturated rings. The zero-order valence-electron chi connectivity index (χ0n) is 6.84. The van der Waals surface area contributed by atoms with E-state index in [1.807, 2.05) is 6.07 Å². The number of pyridine rings is 1. The summed E-state index contributed by atoms with van der Waals surface area (Å²) in [6, 6.07) is 4.91. The fourth-order valence-corrected chi connectivity index (χ4v) is 0.982. The standard InChI is InChI=1S/C9H12FN/c1-7(2)6-8-4-3-5-9(10)11-8/h3-5,7H,6H2,1-2H3. The molecular weight excluding hydrogens is 141 g/mol. The molecular formula is C9H12FN. The molecule has 1 aromatic heterocycles. The maximum Gasteiger partial charge on any atom is 0.213 e. The van der Waals surface area contributed by atoms with E-state index in [-0.39, 0.29) is 5.95 Å². The van der Waals surface area contributed by atoms with E-state index in [4.69, 9.17) is 0 Å². The topological polar surface area (TPSA) is 12.9 Å². The third-order valence-electron chi connectivity index (χ3n) is 1.39. The normalized spacial score (nSPS) is 10.5. The van der Waals surface area contributed by atoms with E-state index >= 15 is 0 Å². The number of halogens is 1. The van der Waals surface area contributed by atoms with Crippen LogP contribution in [-0.4, -0.2) is 4.98 Å². The van der Waals surface area contributed by atoms with E-state index in [1.54, 1.807) is 6.07 Å². The molecule has 0 N–H and O–H groups in total. The molecule has 0 aliphatic carbocycles. The second-order valence-electron chi connectivity index (χ2n) is 3.05. The average molecular weight is 153 g/mol. The van der Waals surface area contributed by atoms with Gasteiger partial charge in [-0.05, 0) is 24.5 Å². The van der Waals surface area contributed by atoms with Crippen molar-refractivity contribution >= 4 is 0 Å². The SMILES string of the molecule is CC(C)Cc1cccc(F)n1. The van der Waals surface area contributed by atoms with Gasteiger partial charge in [0.05, 0.1) is 0 Å². The molecule has 60 valence electrons. The van der Waals surface area contributed by atoms with Crippen molar-refractivity contribution in [1.82, 2.24) is 4.98 Å². The van der Waals surface area contributed by atoms with E-state index in [0.29, 0.717) is 5.92 Å². The Morgan fingerprint density at radius 1 is 1.45 bits per heavy atom. The highest BCUT2D eigenvalue weighted by molar-refractivity contribution is 5.04. The van der Waals surface area contributed by atoms with E-state index in [9.17, 15) is 4.39 Å². The van der Waals surface area contributed by atoms with Gasteiger partial charge in [0.1, 0.15) is 0 Å². The van der Waals surface area contributed by atoms with Gasteiger partial charge in [-0.25, -0.2) is 4.98 Å². The molecule has 1 aromatic rings. The van der Waals surface area contributed by atoms with E-state index in [1.165, 1.54) is 6.07 Å². The van der Waals surface area contributed by atoms with Gasteiger partial charge in [-0.15, -0.1) is 0 Å². The van der Waals surface area contributed by atoms with Crippen LogP contribution in [0.2, 0.25) is 0 Å². The Kier molecular flexibility index (Phi) is 2.58. The van der Waals surface area contributed by atoms with Crippen molar-refractivity contribution in [3.05, 3.63) is 29.8 Å². The van der Waals surface area contributed by atoms with E-state index in [2.05, 4.69) is 18.8 Å². The highest BCUT2D eigenvalue weighted by Gasteiger charge is 1.99. The first kappa shape index (κ1) is 8.18. The van der Waals surface area contributed by atoms with Crippen LogP contribution in [0.25, 0.3) is 0 Å². The van der Waals surface area contributed by atoms with Crippen LogP contribution in [0, 0.1) is 11.9 Å². The van der Waals surface area contributed by atoms with E-state index < -0.39 is 0 Å². The number of hydrogen-bond donors (Lipinski definition) is 0. The molecule has 1 nitrogen and oxygen atoms in total. The minimum absolute atomic E-state index is 0.386. The van der Waals surface area contributed by atoms with Crippen molar-refractivity contribution < 1.29 is 4.39 Å². The summed E-state index contributed by atoms with van der Waals surface area (Å²) in [5.74, 6) is 0.146. The van der Waals surface area contributed by atoms with Gasteiger partial charge >= 0.3 is 0 Å². The Balaban J connectivity index is 2.71. The lowest BCUT2D eigenvalue weighted by Crippen LogP contribution is -1.97. The summed E-state index contributed by atoms with van der Waals surface area (Å²) in [5, 5.41) is 0. The quantitative estimate of drug-likeness (QED) is 0.594. The number of nitrogens with zero attached hydrogens (tertiary/aromatic N) is 1. The van der Waals surface area contributed by atoms with Crippen molar-refractivity contribution in [2.24, 2.45) is 5.92 Å². The molecule has 1 rings (SSSR count). The zero-order valence-corrected chi connectivity index (χ0v) is 6.84. The van der Waals surface area contributed by atoms with Gasteiger partial charge in [-0.3, -0.25) is 0 Å². The van der Waals surface area contributed by atoms with Crippen LogP contribution in [0.5, 0.6) is 0 Å². The van der Waals surface area contributed by atoms with Crippen LogP contribution in [0.1, 0.15) is 19.5 Å². The third-order valence-corrected chi connectivity index (χ3v) is 1.39. The second-order valence-corrected chi connectivity index (χ2v) is 3.05. The highest BCUT2D eigenvalue weighted by Crippen LogP contribution is 2.04. The molecule has 0 radical (unpaired) electrons. The fraction of sp³-hybridized carbons (Fsp3) is 0.444. The third kappa shape index (κ3) is 2.66. The second kappa shape index (κ2) is 3.46. The molecule has 0 saturated carbocycles. The molecule has 0 bridgehead atoms. The van der Waals surface area contributed by atoms with Gasteiger partial charge in [0.15, 0.2) is 0 Å². The summed E-state index contributed by atoms with van der Waals surface area (Å²) in [6.07, 6.45) is 0.845. The fourth-order valence-electron chi connectivity index (χ4n) is 0.982. The van der Waals surface area contributed by atoms with Crippen LogP contribution in [0.15, 0.2) is 18.2 Å². The molecule has 0 saturated heterocycles. The monoisotopic (exact) mass is 153 g/mol. The van der Waals surface area contributed by atoms with Crippen molar-refractivity contribution in [1.29, 1.82) is 0 Å².